The van der Waals surface area contributed by atoms with Gasteiger partial charge in [0.05, 0.1) is 20.3 Å². The number of aliphatic hydroxyl groups is 2. The Morgan fingerprint density at radius 3 is 2.41 bits per heavy atom. The lowest BCUT2D eigenvalue weighted by Crippen LogP contribution is -2.30. The zero-order valence-electron chi connectivity index (χ0n) is 12.4. The first-order valence-electron chi connectivity index (χ1n) is 6.75. The topological polar surface area (TPSA) is 76.0 Å². The number of benzene rings is 1. The first-order chi connectivity index (χ1) is 10.5. The number of ether oxygens (including phenoxy) is 2. The van der Waals surface area contributed by atoms with Gasteiger partial charge in [-0.3, -0.25) is 4.79 Å². The van der Waals surface area contributed by atoms with Crippen LogP contribution in [0.5, 0.6) is 5.75 Å². The van der Waals surface area contributed by atoms with E-state index in [1.807, 2.05) is 0 Å². The molecule has 1 aliphatic carbocycles. The van der Waals surface area contributed by atoms with Crippen molar-refractivity contribution in [3.8, 4) is 5.75 Å². The minimum absolute atomic E-state index is 0.212. The highest BCUT2D eigenvalue weighted by molar-refractivity contribution is 5.97. The van der Waals surface area contributed by atoms with Gasteiger partial charge in [-0.05, 0) is 29.8 Å². The van der Waals surface area contributed by atoms with Crippen LogP contribution in [-0.2, 0) is 9.53 Å². The normalized spacial score (nSPS) is 21.2. The maximum Gasteiger partial charge on any atom is 0.169 e. The smallest absolute Gasteiger partial charge is 0.169 e. The highest BCUT2D eigenvalue weighted by atomic mass is 16.5. The van der Waals surface area contributed by atoms with Crippen LogP contribution in [0.4, 0.5) is 0 Å². The van der Waals surface area contributed by atoms with Crippen LogP contribution >= 0.6 is 0 Å². The van der Waals surface area contributed by atoms with Gasteiger partial charge in [-0.1, -0.05) is 18.2 Å². The molecule has 1 aliphatic rings. The summed E-state index contributed by atoms with van der Waals surface area (Å²) >= 11 is 0. The molecule has 5 nitrogen and oxygen atoms in total. The fourth-order valence-corrected chi connectivity index (χ4v) is 2.16. The molecule has 0 saturated heterocycles. The molecule has 0 aromatic heterocycles. The number of allylic oxidation sites excluding steroid dienone is 2. The average Bonchev–Trinajstić information content (AvgIpc) is 2.52. The summed E-state index contributed by atoms with van der Waals surface area (Å²) in [4.78, 5) is 12.2. The molecule has 1 aromatic carbocycles. The molecule has 2 atom stereocenters. The fraction of sp³-hybridized carbons (Fsp3) is 0.235. The lowest BCUT2D eigenvalue weighted by molar-refractivity contribution is -0.120. The lowest BCUT2D eigenvalue weighted by Gasteiger charge is -2.22. The number of carbonyl (C=O) groups excluding carboxylic acids is 1. The number of aliphatic hydroxyl groups excluding tert-OH is 2. The van der Waals surface area contributed by atoms with Crippen LogP contribution in [-0.4, -0.2) is 36.3 Å². The summed E-state index contributed by atoms with van der Waals surface area (Å²) in [5.74, 6) is -0.551. The number of rotatable bonds is 5. The third-order valence-electron chi connectivity index (χ3n) is 3.38. The van der Waals surface area contributed by atoms with E-state index in [1.165, 1.54) is 25.3 Å². The SMILES string of the molecule is COC1=CC(O)C(C(=O)/C=C/c2ccc(OC)cc2)C(O)=C1. The summed E-state index contributed by atoms with van der Waals surface area (Å²) in [6.45, 7) is 0. The highest BCUT2D eigenvalue weighted by Crippen LogP contribution is 2.24. The second-order valence-corrected chi connectivity index (χ2v) is 4.82. The molecule has 22 heavy (non-hydrogen) atoms. The van der Waals surface area contributed by atoms with E-state index in [1.54, 1.807) is 37.5 Å². The zero-order chi connectivity index (χ0) is 16.1. The molecule has 0 fully saturated rings. The van der Waals surface area contributed by atoms with E-state index < -0.39 is 12.0 Å². The molecule has 0 bridgehead atoms. The Hall–Kier alpha value is -2.53. The Balaban J connectivity index is 2.10. The van der Waals surface area contributed by atoms with E-state index in [2.05, 4.69) is 0 Å². The maximum atomic E-state index is 12.2. The molecule has 0 aliphatic heterocycles. The Bertz CT molecular complexity index is 625. The molecule has 2 N–H and O–H groups in total. The first-order valence-corrected chi connectivity index (χ1v) is 6.75. The van der Waals surface area contributed by atoms with E-state index in [9.17, 15) is 15.0 Å². The van der Waals surface area contributed by atoms with Gasteiger partial charge in [-0.25, -0.2) is 0 Å². The summed E-state index contributed by atoms with van der Waals surface area (Å²) in [5.41, 5.74) is 0.816. The van der Waals surface area contributed by atoms with Gasteiger partial charge in [-0.2, -0.15) is 0 Å². The number of carbonyl (C=O) groups is 1. The Labute approximate surface area is 128 Å². The minimum atomic E-state index is -1.12. The van der Waals surface area contributed by atoms with Crippen LogP contribution in [0.1, 0.15) is 5.56 Å². The largest absolute Gasteiger partial charge is 0.511 e. The van der Waals surface area contributed by atoms with Gasteiger partial charge in [0.2, 0.25) is 0 Å². The van der Waals surface area contributed by atoms with E-state index in [4.69, 9.17) is 9.47 Å². The predicted octanol–water partition coefficient (Wildman–Crippen LogP) is 2.24. The first kappa shape index (κ1) is 15.9. The van der Waals surface area contributed by atoms with Gasteiger partial charge in [0.25, 0.3) is 0 Å². The van der Waals surface area contributed by atoms with Gasteiger partial charge >= 0.3 is 0 Å². The number of hydrogen-bond acceptors (Lipinski definition) is 5. The average molecular weight is 302 g/mol. The van der Waals surface area contributed by atoms with Gasteiger partial charge < -0.3 is 19.7 Å². The van der Waals surface area contributed by atoms with Gasteiger partial charge in [0, 0.05) is 6.08 Å². The quantitative estimate of drug-likeness (QED) is 0.816. The summed E-state index contributed by atoms with van der Waals surface area (Å²) in [5, 5.41) is 19.8. The molecular formula is C17H18O5. The van der Waals surface area contributed by atoms with E-state index in [0.29, 0.717) is 5.76 Å². The molecule has 0 amide bonds. The van der Waals surface area contributed by atoms with Crippen molar-refractivity contribution in [3.63, 3.8) is 0 Å². The van der Waals surface area contributed by atoms with Crippen LogP contribution in [0.3, 0.4) is 0 Å². The summed E-state index contributed by atoms with van der Waals surface area (Å²) in [6, 6.07) is 7.17. The second-order valence-electron chi connectivity index (χ2n) is 4.82. The van der Waals surface area contributed by atoms with Crippen LogP contribution in [0.25, 0.3) is 6.08 Å². The number of methoxy groups -OCH3 is 2. The molecule has 1 aromatic rings. The van der Waals surface area contributed by atoms with Crippen molar-refractivity contribution >= 4 is 11.9 Å². The Kier molecular flexibility index (Phi) is 5.01. The summed E-state index contributed by atoms with van der Waals surface area (Å²) < 4.78 is 9.99. The third kappa shape index (κ3) is 3.56. The molecular weight excluding hydrogens is 284 g/mol. The van der Waals surface area contributed by atoms with Gasteiger partial charge in [-0.15, -0.1) is 0 Å². The van der Waals surface area contributed by atoms with Crippen LogP contribution < -0.4 is 4.74 Å². The van der Waals surface area contributed by atoms with Crippen molar-refractivity contribution in [2.24, 2.45) is 5.92 Å². The molecule has 0 saturated carbocycles. The zero-order valence-corrected chi connectivity index (χ0v) is 12.4. The van der Waals surface area contributed by atoms with Crippen LogP contribution in [0, 0.1) is 5.92 Å². The van der Waals surface area contributed by atoms with Crippen molar-refractivity contribution in [2.75, 3.05) is 14.2 Å². The second kappa shape index (κ2) is 6.95. The van der Waals surface area contributed by atoms with Crippen molar-refractivity contribution in [3.05, 3.63) is 59.6 Å². The summed E-state index contributed by atoms with van der Waals surface area (Å²) in [6.07, 6.45) is 4.57. The molecule has 5 heteroatoms. The van der Waals surface area contributed by atoms with E-state index in [0.717, 1.165) is 11.3 Å². The molecule has 2 rings (SSSR count). The van der Waals surface area contributed by atoms with Gasteiger partial charge in [0.1, 0.15) is 23.2 Å². The number of ketones is 1. The van der Waals surface area contributed by atoms with Crippen LogP contribution in [0.2, 0.25) is 0 Å². The molecule has 0 heterocycles. The van der Waals surface area contributed by atoms with Crippen molar-refractivity contribution < 1.29 is 24.5 Å². The molecule has 0 radical (unpaired) electrons. The fourth-order valence-electron chi connectivity index (χ4n) is 2.16. The predicted molar refractivity (Wildman–Crippen MR) is 82.3 cm³/mol. The summed E-state index contributed by atoms with van der Waals surface area (Å²) in [7, 11) is 3.00. The number of hydrogen-bond donors (Lipinski definition) is 2. The third-order valence-corrected chi connectivity index (χ3v) is 3.38. The molecule has 2 unspecified atom stereocenters. The maximum absolute atomic E-state index is 12.2. The van der Waals surface area contributed by atoms with Crippen molar-refractivity contribution in [2.45, 2.75) is 6.10 Å². The van der Waals surface area contributed by atoms with Crippen molar-refractivity contribution in [1.29, 1.82) is 0 Å². The minimum Gasteiger partial charge on any atom is -0.511 e. The standard InChI is InChI=1S/C17H18O5/c1-21-12-6-3-11(4-7-12)5-8-14(18)17-15(19)9-13(22-2)10-16(17)20/h3-10,15,17,19-20H,1-2H3/b8-5+. The monoisotopic (exact) mass is 302 g/mol. The lowest BCUT2D eigenvalue weighted by atomic mass is 9.90. The Morgan fingerprint density at radius 1 is 1.18 bits per heavy atom. The van der Waals surface area contributed by atoms with E-state index in [-0.39, 0.29) is 11.5 Å². The van der Waals surface area contributed by atoms with E-state index >= 15 is 0 Å². The highest BCUT2D eigenvalue weighted by Gasteiger charge is 2.31. The van der Waals surface area contributed by atoms with Crippen molar-refractivity contribution in [1.82, 2.24) is 0 Å². The van der Waals surface area contributed by atoms with Crippen LogP contribution in [0.15, 0.2) is 54.0 Å². The molecule has 0 spiro atoms. The van der Waals surface area contributed by atoms with Gasteiger partial charge in [0.15, 0.2) is 5.78 Å². The molecule has 116 valence electrons. The Morgan fingerprint density at radius 2 is 1.86 bits per heavy atom.